The van der Waals surface area contributed by atoms with Gasteiger partial charge in [0.25, 0.3) is 0 Å². The van der Waals surface area contributed by atoms with Crippen molar-refractivity contribution in [2.75, 3.05) is 30.3 Å². The number of rotatable bonds is 7. The van der Waals surface area contributed by atoms with Crippen molar-refractivity contribution in [1.29, 1.82) is 0 Å². The van der Waals surface area contributed by atoms with Crippen LogP contribution in [0.4, 0.5) is 10.1 Å². The standard InChI is InChI=1S/C12H18ClFN2O2S/c1-3-16(12-7-4-6-11(14)10-12)19(17,18)15(2)9-5-8-13/h4,6-7,10H,3,5,8-9H2,1-2H3. The Bertz CT molecular complexity index is 510. The summed E-state index contributed by atoms with van der Waals surface area (Å²) in [4.78, 5) is 0. The first-order chi connectivity index (χ1) is 8.93. The van der Waals surface area contributed by atoms with E-state index in [1.165, 1.54) is 33.9 Å². The van der Waals surface area contributed by atoms with Crippen LogP contribution in [0.1, 0.15) is 13.3 Å². The maximum atomic E-state index is 13.2. The fraction of sp³-hybridized carbons (Fsp3) is 0.500. The third kappa shape index (κ3) is 4.06. The highest BCUT2D eigenvalue weighted by Crippen LogP contribution is 2.20. The molecule has 0 atom stereocenters. The molecule has 1 aromatic rings. The van der Waals surface area contributed by atoms with E-state index in [1.54, 1.807) is 13.0 Å². The van der Waals surface area contributed by atoms with E-state index in [9.17, 15) is 12.8 Å². The predicted molar refractivity (Wildman–Crippen MR) is 76.3 cm³/mol. The van der Waals surface area contributed by atoms with E-state index in [1.807, 2.05) is 0 Å². The minimum Gasteiger partial charge on any atom is -0.258 e. The molecule has 0 unspecified atom stereocenters. The van der Waals surface area contributed by atoms with Crippen LogP contribution in [0.5, 0.6) is 0 Å². The van der Waals surface area contributed by atoms with Crippen molar-refractivity contribution in [2.45, 2.75) is 13.3 Å². The highest BCUT2D eigenvalue weighted by molar-refractivity contribution is 7.90. The van der Waals surface area contributed by atoms with Crippen LogP contribution in [0.3, 0.4) is 0 Å². The molecule has 0 aliphatic carbocycles. The minimum absolute atomic E-state index is 0.233. The second kappa shape index (κ2) is 7.07. The number of halogens is 2. The summed E-state index contributed by atoms with van der Waals surface area (Å²) in [6, 6.07) is 5.54. The highest BCUT2D eigenvalue weighted by atomic mass is 35.5. The Labute approximate surface area is 119 Å². The molecule has 0 bridgehead atoms. The summed E-state index contributed by atoms with van der Waals surface area (Å²) in [5.41, 5.74) is 0.320. The lowest BCUT2D eigenvalue weighted by Crippen LogP contribution is -2.42. The van der Waals surface area contributed by atoms with Gasteiger partial charge in [0.05, 0.1) is 5.69 Å². The van der Waals surface area contributed by atoms with E-state index in [0.717, 1.165) is 0 Å². The Morgan fingerprint density at radius 3 is 2.58 bits per heavy atom. The molecular weight excluding hydrogens is 291 g/mol. The van der Waals surface area contributed by atoms with Gasteiger partial charge in [0.15, 0.2) is 0 Å². The van der Waals surface area contributed by atoms with Crippen LogP contribution >= 0.6 is 11.6 Å². The molecule has 19 heavy (non-hydrogen) atoms. The van der Waals surface area contributed by atoms with Gasteiger partial charge in [-0.3, -0.25) is 4.31 Å². The highest BCUT2D eigenvalue weighted by Gasteiger charge is 2.25. The third-order valence-electron chi connectivity index (χ3n) is 2.66. The molecular formula is C12H18ClFN2O2S. The van der Waals surface area contributed by atoms with Crippen molar-refractivity contribution < 1.29 is 12.8 Å². The Morgan fingerprint density at radius 1 is 1.37 bits per heavy atom. The molecule has 0 spiro atoms. The molecule has 7 heteroatoms. The SMILES string of the molecule is CCN(c1cccc(F)c1)S(=O)(=O)N(C)CCCCl. The van der Waals surface area contributed by atoms with Gasteiger partial charge in [-0.2, -0.15) is 12.7 Å². The van der Waals surface area contributed by atoms with Gasteiger partial charge < -0.3 is 0 Å². The Hall–Kier alpha value is -0.850. The second-order valence-electron chi connectivity index (χ2n) is 4.02. The van der Waals surface area contributed by atoms with E-state index in [-0.39, 0.29) is 6.54 Å². The Balaban J connectivity index is 3.01. The van der Waals surface area contributed by atoms with Gasteiger partial charge in [0, 0.05) is 26.0 Å². The largest absolute Gasteiger partial charge is 0.303 e. The molecule has 1 aromatic carbocycles. The average Bonchev–Trinajstić information content (AvgIpc) is 2.36. The molecule has 0 saturated heterocycles. The summed E-state index contributed by atoms with van der Waals surface area (Å²) in [6.45, 7) is 2.27. The number of anilines is 1. The molecule has 0 amide bonds. The summed E-state index contributed by atoms with van der Waals surface area (Å²) in [7, 11) is -2.16. The van der Waals surface area contributed by atoms with E-state index in [2.05, 4.69) is 0 Å². The summed E-state index contributed by atoms with van der Waals surface area (Å²) in [6.07, 6.45) is 0.567. The predicted octanol–water partition coefficient (Wildman–Crippen LogP) is 2.46. The van der Waals surface area contributed by atoms with Crippen molar-refractivity contribution in [3.05, 3.63) is 30.1 Å². The topological polar surface area (TPSA) is 40.6 Å². The van der Waals surface area contributed by atoms with E-state index in [4.69, 9.17) is 11.6 Å². The fourth-order valence-electron chi connectivity index (χ4n) is 1.68. The molecule has 1 rings (SSSR count). The van der Waals surface area contributed by atoms with Crippen LogP contribution in [0.25, 0.3) is 0 Å². The molecule has 0 saturated carbocycles. The van der Waals surface area contributed by atoms with Gasteiger partial charge in [-0.05, 0) is 31.5 Å². The lowest BCUT2D eigenvalue weighted by atomic mass is 10.3. The van der Waals surface area contributed by atoms with E-state index < -0.39 is 16.0 Å². The second-order valence-corrected chi connectivity index (χ2v) is 6.35. The maximum Gasteiger partial charge on any atom is 0.303 e. The monoisotopic (exact) mass is 308 g/mol. The molecule has 0 aliphatic heterocycles. The number of hydrogen-bond donors (Lipinski definition) is 0. The molecule has 0 aliphatic rings. The van der Waals surface area contributed by atoms with Crippen LogP contribution in [-0.4, -0.2) is 38.7 Å². The summed E-state index contributed by atoms with van der Waals surface area (Å²) >= 11 is 5.56. The van der Waals surface area contributed by atoms with E-state index >= 15 is 0 Å². The van der Waals surface area contributed by atoms with Crippen LogP contribution in [-0.2, 0) is 10.2 Å². The molecule has 0 radical (unpaired) electrons. The summed E-state index contributed by atoms with van der Waals surface area (Å²) in [5.74, 6) is -0.0686. The fourth-order valence-corrected chi connectivity index (χ4v) is 3.20. The Morgan fingerprint density at radius 2 is 2.05 bits per heavy atom. The first kappa shape index (κ1) is 16.2. The lowest BCUT2D eigenvalue weighted by Gasteiger charge is -2.28. The van der Waals surface area contributed by atoms with Crippen LogP contribution < -0.4 is 4.31 Å². The van der Waals surface area contributed by atoms with Gasteiger partial charge in [-0.15, -0.1) is 11.6 Å². The zero-order valence-electron chi connectivity index (χ0n) is 11.0. The zero-order valence-corrected chi connectivity index (χ0v) is 12.6. The Kier molecular flexibility index (Phi) is 6.03. The van der Waals surface area contributed by atoms with Gasteiger partial charge in [0.2, 0.25) is 0 Å². The van der Waals surface area contributed by atoms with Gasteiger partial charge in [-0.1, -0.05) is 6.07 Å². The zero-order chi connectivity index (χ0) is 14.5. The van der Waals surface area contributed by atoms with Gasteiger partial charge in [-0.25, -0.2) is 4.39 Å². The number of hydrogen-bond acceptors (Lipinski definition) is 2. The molecule has 4 nitrogen and oxygen atoms in total. The molecule has 0 fully saturated rings. The average molecular weight is 309 g/mol. The van der Waals surface area contributed by atoms with Gasteiger partial charge >= 0.3 is 10.2 Å². The first-order valence-electron chi connectivity index (χ1n) is 5.99. The molecule has 108 valence electrons. The van der Waals surface area contributed by atoms with Crippen LogP contribution in [0.15, 0.2) is 24.3 Å². The maximum absolute atomic E-state index is 13.2. The summed E-state index contributed by atoms with van der Waals surface area (Å²) in [5, 5.41) is 0. The molecule has 0 N–H and O–H groups in total. The van der Waals surface area contributed by atoms with Crippen LogP contribution in [0.2, 0.25) is 0 Å². The minimum atomic E-state index is -3.65. The smallest absolute Gasteiger partial charge is 0.258 e. The van der Waals surface area contributed by atoms with Crippen molar-refractivity contribution in [2.24, 2.45) is 0 Å². The van der Waals surface area contributed by atoms with Crippen LogP contribution in [0, 0.1) is 5.82 Å². The van der Waals surface area contributed by atoms with Crippen molar-refractivity contribution in [1.82, 2.24) is 4.31 Å². The van der Waals surface area contributed by atoms with E-state index in [0.29, 0.717) is 24.5 Å². The number of nitrogens with zero attached hydrogens (tertiary/aromatic N) is 2. The van der Waals surface area contributed by atoms with Crippen molar-refractivity contribution >= 4 is 27.5 Å². The van der Waals surface area contributed by atoms with Gasteiger partial charge in [0.1, 0.15) is 5.82 Å². The molecule has 0 aromatic heterocycles. The summed E-state index contributed by atoms with van der Waals surface area (Å²) < 4.78 is 40.3. The number of alkyl halides is 1. The van der Waals surface area contributed by atoms with Crippen molar-refractivity contribution in [3.63, 3.8) is 0 Å². The number of benzene rings is 1. The molecule has 0 heterocycles. The van der Waals surface area contributed by atoms with Crippen molar-refractivity contribution in [3.8, 4) is 0 Å². The normalized spacial score (nSPS) is 11.8. The quantitative estimate of drug-likeness (QED) is 0.726. The lowest BCUT2D eigenvalue weighted by molar-refractivity contribution is 0.466. The first-order valence-corrected chi connectivity index (χ1v) is 7.92. The third-order valence-corrected chi connectivity index (χ3v) is 4.93.